The molecular formula is C18H21ClN4O3. The number of carbonyl (C=O) groups excluding carboxylic acids is 2. The lowest BCUT2D eigenvalue weighted by atomic mass is 9.97. The predicted molar refractivity (Wildman–Crippen MR) is 99.0 cm³/mol. The molecule has 0 fully saturated rings. The van der Waals surface area contributed by atoms with Crippen LogP contribution in [0.1, 0.15) is 31.9 Å². The predicted octanol–water partition coefficient (Wildman–Crippen LogP) is 2.98. The Balaban J connectivity index is 2.10. The number of aromatic nitrogens is 2. The largest absolute Gasteiger partial charge is 0.479 e. The normalized spacial score (nSPS) is 11.7. The average molecular weight is 377 g/mol. The van der Waals surface area contributed by atoms with Crippen molar-refractivity contribution >= 4 is 29.1 Å². The highest BCUT2D eigenvalue weighted by molar-refractivity contribution is 6.39. The van der Waals surface area contributed by atoms with Crippen LogP contribution < -0.4 is 15.4 Å². The van der Waals surface area contributed by atoms with Crippen molar-refractivity contribution in [2.45, 2.75) is 26.3 Å². The van der Waals surface area contributed by atoms with E-state index < -0.39 is 11.8 Å². The first-order chi connectivity index (χ1) is 12.4. The van der Waals surface area contributed by atoms with Crippen LogP contribution in [-0.2, 0) is 9.59 Å². The minimum atomic E-state index is -0.819. The van der Waals surface area contributed by atoms with Crippen LogP contribution in [0.3, 0.4) is 0 Å². The van der Waals surface area contributed by atoms with Gasteiger partial charge in [0.1, 0.15) is 12.0 Å². The van der Waals surface area contributed by atoms with Gasteiger partial charge in [-0.2, -0.15) is 4.98 Å². The molecule has 0 saturated carbocycles. The van der Waals surface area contributed by atoms with E-state index in [0.717, 1.165) is 5.56 Å². The van der Waals surface area contributed by atoms with Crippen molar-refractivity contribution in [2.75, 3.05) is 12.4 Å². The Bertz CT molecular complexity index is 765. The zero-order valence-corrected chi connectivity index (χ0v) is 15.6. The summed E-state index contributed by atoms with van der Waals surface area (Å²) >= 11 is 5.92. The third-order valence-corrected chi connectivity index (χ3v) is 3.86. The number of amides is 2. The maximum Gasteiger partial charge on any atom is 0.313 e. The van der Waals surface area contributed by atoms with Crippen LogP contribution in [0.2, 0.25) is 5.02 Å². The van der Waals surface area contributed by atoms with E-state index in [4.69, 9.17) is 16.3 Å². The molecule has 1 unspecified atom stereocenters. The van der Waals surface area contributed by atoms with Crippen LogP contribution in [0.5, 0.6) is 5.88 Å². The number of rotatable bonds is 6. The summed E-state index contributed by atoms with van der Waals surface area (Å²) in [5.41, 5.74) is 1.10. The molecule has 7 nitrogen and oxygen atoms in total. The topological polar surface area (TPSA) is 93.2 Å². The van der Waals surface area contributed by atoms with E-state index in [2.05, 4.69) is 20.6 Å². The van der Waals surface area contributed by atoms with Crippen molar-refractivity contribution in [1.82, 2.24) is 15.3 Å². The molecule has 2 amide bonds. The third-order valence-electron chi connectivity index (χ3n) is 3.61. The molecule has 2 aromatic rings. The number of ether oxygens (including phenoxy) is 1. The highest BCUT2D eigenvalue weighted by atomic mass is 35.5. The molecule has 0 bridgehead atoms. The van der Waals surface area contributed by atoms with Gasteiger partial charge in [0, 0.05) is 5.02 Å². The van der Waals surface area contributed by atoms with Gasteiger partial charge in [-0.25, -0.2) is 4.98 Å². The fourth-order valence-corrected chi connectivity index (χ4v) is 2.54. The summed E-state index contributed by atoms with van der Waals surface area (Å²) in [6.07, 6.45) is 3.33. The van der Waals surface area contributed by atoms with Gasteiger partial charge in [0.2, 0.25) is 5.88 Å². The van der Waals surface area contributed by atoms with E-state index >= 15 is 0 Å². The number of hydrogen-bond donors (Lipinski definition) is 2. The average Bonchev–Trinajstić information content (AvgIpc) is 2.61. The molecule has 0 aliphatic carbocycles. The molecule has 26 heavy (non-hydrogen) atoms. The summed E-state index contributed by atoms with van der Waals surface area (Å²) in [6.45, 7) is 4.09. The van der Waals surface area contributed by atoms with Crippen LogP contribution in [-0.4, -0.2) is 28.9 Å². The summed E-state index contributed by atoms with van der Waals surface area (Å²) in [5, 5.41) is 5.83. The molecule has 1 heterocycles. The quantitative estimate of drug-likeness (QED) is 0.756. The van der Waals surface area contributed by atoms with Gasteiger partial charge in [0.05, 0.1) is 19.3 Å². The van der Waals surface area contributed by atoms with Gasteiger partial charge in [-0.15, -0.1) is 0 Å². The Morgan fingerprint density at radius 2 is 1.88 bits per heavy atom. The molecule has 8 heteroatoms. The van der Waals surface area contributed by atoms with Gasteiger partial charge in [0.15, 0.2) is 0 Å². The van der Waals surface area contributed by atoms with Crippen LogP contribution in [0.15, 0.2) is 36.8 Å². The van der Waals surface area contributed by atoms with Gasteiger partial charge in [-0.1, -0.05) is 37.6 Å². The van der Waals surface area contributed by atoms with Crippen molar-refractivity contribution in [3.63, 3.8) is 0 Å². The second-order valence-corrected chi connectivity index (χ2v) is 6.54. The van der Waals surface area contributed by atoms with Gasteiger partial charge in [-0.3, -0.25) is 9.59 Å². The van der Waals surface area contributed by atoms with E-state index in [1.54, 1.807) is 12.1 Å². The third kappa shape index (κ3) is 5.42. The van der Waals surface area contributed by atoms with Crippen LogP contribution >= 0.6 is 11.6 Å². The zero-order chi connectivity index (χ0) is 19.1. The molecule has 0 saturated heterocycles. The Hall–Kier alpha value is -2.67. The second-order valence-electron chi connectivity index (χ2n) is 6.11. The summed E-state index contributed by atoms with van der Waals surface area (Å²) in [4.78, 5) is 32.3. The lowest BCUT2D eigenvalue weighted by Gasteiger charge is -2.21. The fraction of sp³-hybridized carbons (Fsp3) is 0.333. The van der Waals surface area contributed by atoms with Gasteiger partial charge in [0.25, 0.3) is 0 Å². The molecule has 138 valence electrons. The molecule has 0 aliphatic rings. The molecule has 0 aliphatic heterocycles. The number of nitrogens with zero attached hydrogens (tertiary/aromatic N) is 2. The first-order valence-electron chi connectivity index (χ1n) is 8.12. The fourth-order valence-electron chi connectivity index (χ4n) is 2.41. The Kier molecular flexibility index (Phi) is 6.91. The van der Waals surface area contributed by atoms with Crippen molar-refractivity contribution in [3.05, 3.63) is 47.4 Å². The van der Waals surface area contributed by atoms with Crippen molar-refractivity contribution in [2.24, 2.45) is 5.92 Å². The minimum Gasteiger partial charge on any atom is -0.479 e. The lowest BCUT2D eigenvalue weighted by Crippen LogP contribution is -2.38. The first-order valence-corrected chi connectivity index (χ1v) is 8.49. The van der Waals surface area contributed by atoms with Crippen molar-refractivity contribution < 1.29 is 14.3 Å². The monoisotopic (exact) mass is 376 g/mol. The molecule has 1 aromatic carbocycles. The van der Waals surface area contributed by atoms with Gasteiger partial charge >= 0.3 is 11.8 Å². The second kappa shape index (κ2) is 9.15. The molecule has 2 rings (SSSR count). The van der Waals surface area contributed by atoms with Crippen LogP contribution in [0, 0.1) is 5.92 Å². The van der Waals surface area contributed by atoms with Crippen molar-refractivity contribution in [1.29, 1.82) is 0 Å². The molecular weight excluding hydrogens is 356 g/mol. The standard InChI is InChI=1S/C18H21ClN4O3/c1-11(2)8-14(12-4-6-13(19)7-5-12)22-16(24)17(25)23-15-9-20-10-21-18(15)26-3/h4-7,9-11,14H,8H2,1-3H3,(H,22,24)(H,23,25). The summed E-state index contributed by atoms with van der Waals surface area (Å²) < 4.78 is 5.03. The number of nitrogens with one attached hydrogen (secondary N) is 2. The molecule has 1 atom stereocenters. The molecule has 2 N–H and O–H groups in total. The van der Waals surface area contributed by atoms with E-state index in [1.807, 2.05) is 26.0 Å². The van der Waals surface area contributed by atoms with Crippen LogP contribution in [0.25, 0.3) is 0 Å². The molecule has 0 radical (unpaired) electrons. The maximum atomic E-state index is 12.3. The summed E-state index contributed by atoms with van der Waals surface area (Å²) in [6, 6.07) is 6.87. The van der Waals surface area contributed by atoms with E-state index in [1.165, 1.54) is 19.6 Å². The van der Waals surface area contributed by atoms with Gasteiger partial charge in [-0.05, 0) is 30.0 Å². The lowest BCUT2D eigenvalue weighted by molar-refractivity contribution is -0.136. The van der Waals surface area contributed by atoms with E-state index in [0.29, 0.717) is 17.4 Å². The summed E-state index contributed by atoms with van der Waals surface area (Å²) in [5.74, 6) is -1.07. The smallest absolute Gasteiger partial charge is 0.313 e. The highest BCUT2D eigenvalue weighted by Gasteiger charge is 2.22. The Morgan fingerprint density at radius 1 is 1.19 bits per heavy atom. The van der Waals surface area contributed by atoms with Crippen molar-refractivity contribution in [3.8, 4) is 5.88 Å². The SMILES string of the molecule is COc1ncncc1NC(=O)C(=O)NC(CC(C)C)c1ccc(Cl)cc1. The van der Waals surface area contributed by atoms with E-state index in [9.17, 15) is 9.59 Å². The Labute approximate surface area is 157 Å². The number of methoxy groups -OCH3 is 1. The number of hydrogen-bond acceptors (Lipinski definition) is 5. The van der Waals surface area contributed by atoms with E-state index in [-0.39, 0.29) is 17.6 Å². The first kappa shape index (κ1) is 19.7. The number of halogens is 1. The Morgan fingerprint density at radius 3 is 2.50 bits per heavy atom. The number of benzene rings is 1. The maximum absolute atomic E-state index is 12.3. The van der Waals surface area contributed by atoms with Crippen LogP contribution in [0.4, 0.5) is 5.69 Å². The number of carbonyl (C=O) groups is 2. The molecule has 0 spiro atoms. The molecule has 1 aromatic heterocycles. The van der Waals surface area contributed by atoms with Gasteiger partial charge < -0.3 is 15.4 Å². The number of anilines is 1. The zero-order valence-electron chi connectivity index (χ0n) is 14.8. The minimum absolute atomic E-state index is 0.178. The highest BCUT2D eigenvalue weighted by Crippen LogP contribution is 2.23. The summed E-state index contributed by atoms with van der Waals surface area (Å²) in [7, 11) is 1.41.